The van der Waals surface area contributed by atoms with Gasteiger partial charge in [-0.3, -0.25) is 4.79 Å². The maximum Gasteiger partial charge on any atom is 0.315 e. The Morgan fingerprint density at radius 2 is 2.00 bits per heavy atom. The third kappa shape index (κ3) is 3.21. The highest BCUT2D eigenvalue weighted by atomic mass is 16.5. The molecule has 4 heteroatoms. The highest BCUT2D eigenvalue weighted by Crippen LogP contribution is 2.26. The van der Waals surface area contributed by atoms with Crippen LogP contribution in [0.25, 0.3) is 0 Å². The quantitative estimate of drug-likeness (QED) is 0.785. The Morgan fingerprint density at radius 3 is 2.56 bits per heavy atom. The summed E-state index contributed by atoms with van der Waals surface area (Å²) in [4.78, 5) is 10.3. The zero-order valence-electron chi connectivity index (χ0n) is 9.11. The summed E-state index contributed by atoms with van der Waals surface area (Å²) in [5.74, 6) is 5.53. The van der Waals surface area contributed by atoms with Crippen molar-refractivity contribution < 1.29 is 19.4 Å². The van der Waals surface area contributed by atoms with Gasteiger partial charge in [0.15, 0.2) is 11.5 Å². The van der Waals surface area contributed by atoms with E-state index in [0.717, 1.165) is 0 Å². The molecule has 0 aliphatic heterocycles. The highest BCUT2D eigenvalue weighted by molar-refractivity contribution is 5.70. The monoisotopic (exact) mass is 220 g/mol. The number of carboxylic acid groups (broad SMARTS) is 1. The second-order valence-corrected chi connectivity index (χ2v) is 2.94. The summed E-state index contributed by atoms with van der Waals surface area (Å²) in [6.07, 6.45) is -0.172. The van der Waals surface area contributed by atoms with Crippen LogP contribution in [-0.2, 0) is 4.79 Å². The number of methoxy groups -OCH3 is 2. The normalized spacial score (nSPS) is 8.88. The lowest BCUT2D eigenvalue weighted by molar-refractivity contribution is -0.135. The Balaban J connectivity index is 2.89. The zero-order chi connectivity index (χ0) is 12.0. The van der Waals surface area contributed by atoms with Gasteiger partial charge in [-0.2, -0.15) is 0 Å². The molecule has 0 aliphatic carbocycles. The fraction of sp³-hybridized carbons (Fsp3) is 0.250. The molecule has 4 nitrogen and oxygen atoms in total. The third-order valence-electron chi connectivity index (χ3n) is 1.86. The van der Waals surface area contributed by atoms with Crippen LogP contribution in [-0.4, -0.2) is 25.3 Å². The maximum absolute atomic E-state index is 10.3. The fourth-order valence-corrected chi connectivity index (χ4v) is 1.14. The number of aliphatic carboxylic acids is 1. The van der Waals surface area contributed by atoms with Gasteiger partial charge in [0.1, 0.15) is 6.42 Å². The summed E-state index contributed by atoms with van der Waals surface area (Å²) in [5.41, 5.74) is 0.693. The van der Waals surface area contributed by atoms with Gasteiger partial charge in [0.05, 0.1) is 14.2 Å². The molecule has 0 atom stereocenters. The first kappa shape index (κ1) is 11.9. The van der Waals surface area contributed by atoms with Gasteiger partial charge >= 0.3 is 5.97 Å². The predicted octanol–water partition coefficient (Wildman–Crippen LogP) is 1.53. The average molecular weight is 220 g/mol. The van der Waals surface area contributed by atoms with E-state index in [2.05, 4.69) is 11.8 Å². The molecule has 0 saturated carbocycles. The largest absolute Gasteiger partial charge is 0.493 e. The van der Waals surface area contributed by atoms with Gasteiger partial charge < -0.3 is 14.6 Å². The lowest BCUT2D eigenvalue weighted by atomic mass is 10.2. The molecule has 0 saturated heterocycles. The SMILES string of the molecule is COc1ccc(C#CCC(=O)O)cc1OC. The van der Waals surface area contributed by atoms with Gasteiger partial charge in [-0.15, -0.1) is 0 Å². The molecule has 0 radical (unpaired) electrons. The van der Waals surface area contributed by atoms with Crippen LogP contribution in [0.15, 0.2) is 18.2 Å². The number of hydrogen-bond donors (Lipinski definition) is 1. The average Bonchev–Trinajstić information content (AvgIpc) is 2.28. The van der Waals surface area contributed by atoms with Crippen molar-refractivity contribution in [3.8, 4) is 23.3 Å². The molecule has 0 aromatic heterocycles. The molecule has 0 amide bonds. The second-order valence-electron chi connectivity index (χ2n) is 2.94. The highest BCUT2D eigenvalue weighted by Gasteiger charge is 2.02. The van der Waals surface area contributed by atoms with Gasteiger partial charge in [0, 0.05) is 5.56 Å². The van der Waals surface area contributed by atoms with Crippen LogP contribution in [0.4, 0.5) is 0 Å². The van der Waals surface area contributed by atoms with Crippen LogP contribution in [0.5, 0.6) is 11.5 Å². The number of hydrogen-bond acceptors (Lipinski definition) is 3. The minimum absolute atomic E-state index is 0.172. The Labute approximate surface area is 93.8 Å². The van der Waals surface area contributed by atoms with Crippen LogP contribution in [0.1, 0.15) is 12.0 Å². The van der Waals surface area contributed by atoms with E-state index in [0.29, 0.717) is 17.1 Å². The van der Waals surface area contributed by atoms with Crippen molar-refractivity contribution in [2.75, 3.05) is 14.2 Å². The van der Waals surface area contributed by atoms with Gasteiger partial charge in [0.2, 0.25) is 0 Å². The van der Waals surface area contributed by atoms with E-state index in [4.69, 9.17) is 14.6 Å². The summed E-state index contributed by atoms with van der Waals surface area (Å²) >= 11 is 0. The fourth-order valence-electron chi connectivity index (χ4n) is 1.14. The molecule has 1 rings (SSSR count). The lowest BCUT2D eigenvalue weighted by Crippen LogP contribution is -1.92. The first-order chi connectivity index (χ1) is 7.67. The van der Waals surface area contributed by atoms with Crippen LogP contribution in [0, 0.1) is 11.8 Å². The summed E-state index contributed by atoms with van der Waals surface area (Å²) in [6.45, 7) is 0. The van der Waals surface area contributed by atoms with Crippen molar-refractivity contribution in [1.29, 1.82) is 0 Å². The summed E-state index contributed by atoms with van der Waals surface area (Å²) in [7, 11) is 3.08. The van der Waals surface area contributed by atoms with E-state index in [-0.39, 0.29) is 6.42 Å². The molecule has 1 aromatic carbocycles. The summed E-state index contributed by atoms with van der Waals surface area (Å²) in [6, 6.07) is 5.17. The molecule has 1 N–H and O–H groups in total. The lowest BCUT2D eigenvalue weighted by Gasteiger charge is -2.06. The Morgan fingerprint density at radius 1 is 1.31 bits per heavy atom. The number of rotatable bonds is 3. The summed E-state index contributed by atoms with van der Waals surface area (Å²) in [5, 5.41) is 8.43. The van der Waals surface area contributed by atoms with Crippen molar-refractivity contribution in [2.24, 2.45) is 0 Å². The number of benzene rings is 1. The third-order valence-corrected chi connectivity index (χ3v) is 1.86. The molecule has 16 heavy (non-hydrogen) atoms. The smallest absolute Gasteiger partial charge is 0.315 e. The molecule has 0 spiro atoms. The van der Waals surface area contributed by atoms with E-state index >= 15 is 0 Å². The van der Waals surface area contributed by atoms with E-state index in [1.165, 1.54) is 7.11 Å². The molecule has 0 unspecified atom stereocenters. The van der Waals surface area contributed by atoms with E-state index in [1.807, 2.05) is 0 Å². The van der Waals surface area contributed by atoms with Crippen molar-refractivity contribution in [1.82, 2.24) is 0 Å². The first-order valence-electron chi connectivity index (χ1n) is 4.60. The summed E-state index contributed by atoms with van der Waals surface area (Å²) < 4.78 is 10.2. The van der Waals surface area contributed by atoms with Gasteiger partial charge in [-0.25, -0.2) is 0 Å². The Bertz CT molecular complexity index is 440. The Hall–Kier alpha value is -2.15. The molecule has 84 valence electrons. The predicted molar refractivity (Wildman–Crippen MR) is 58.7 cm³/mol. The van der Waals surface area contributed by atoms with Crippen molar-refractivity contribution >= 4 is 5.97 Å². The van der Waals surface area contributed by atoms with E-state index in [9.17, 15) is 4.79 Å². The molecule has 0 fully saturated rings. The Kier molecular flexibility index (Phi) is 4.22. The molecular formula is C12H12O4. The zero-order valence-corrected chi connectivity index (χ0v) is 9.11. The molecule has 0 bridgehead atoms. The van der Waals surface area contributed by atoms with Crippen LogP contribution in [0.3, 0.4) is 0 Å². The maximum atomic E-state index is 10.3. The molecular weight excluding hydrogens is 208 g/mol. The van der Waals surface area contributed by atoms with Gasteiger partial charge in [-0.05, 0) is 18.2 Å². The number of ether oxygens (including phenoxy) is 2. The van der Waals surface area contributed by atoms with Gasteiger partial charge in [0.25, 0.3) is 0 Å². The standard InChI is InChI=1S/C12H12O4/c1-15-10-7-6-9(8-11(10)16-2)4-3-5-12(13)14/h6-8H,5H2,1-2H3,(H,13,14). The minimum atomic E-state index is -0.937. The molecule has 0 aliphatic rings. The van der Waals surface area contributed by atoms with Gasteiger partial charge in [-0.1, -0.05) is 11.8 Å². The molecule has 0 heterocycles. The topological polar surface area (TPSA) is 55.8 Å². The minimum Gasteiger partial charge on any atom is -0.493 e. The van der Waals surface area contributed by atoms with Crippen molar-refractivity contribution in [2.45, 2.75) is 6.42 Å². The van der Waals surface area contributed by atoms with E-state index < -0.39 is 5.97 Å². The molecule has 1 aromatic rings. The van der Waals surface area contributed by atoms with Crippen molar-refractivity contribution in [3.63, 3.8) is 0 Å². The first-order valence-corrected chi connectivity index (χ1v) is 4.60. The second kappa shape index (κ2) is 5.66. The van der Waals surface area contributed by atoms with E-state index in [1.54, 1.807) is 25.3 Å². The number of carboxylic acids is 1. The van der Waals surface area contributed by atoms with Crippen molar-refractivity contribution in [3.05, 3.63) is 23.8 Å². The van der Waals surface area contributed by atoms with Crippen LogP contribution in [0.2, 0.25) is 0 Å². The van der Waals surface area contributed by atoms with Crippen LogP contribution >= 0.6 is 0 Å². The van der Waals surface area contributed by atoms with Crippen LogP contribution < -0.4 is 9.47 Å². The number of carbonyl (C=O) groups is 1.